The number of aliphatic hydroxyl groups is 4. The highest BCUT2D eigenvalue weighted by Crippen LogP contribution is 2.15. The van der Waals surface area contributed by atoms with Crippen molar-refractivity contribution in [3.63, 3.8) is 0 Å². The molecular weight excluding hydrogens is 554 g/mol. The predicted molar refractivity (Wildman–Crippen MR) is 172 cm³/mol. The zero-order chi connectivity index (χ0) is 33.1. The van der Waals surface area contributed by atoms with Crippen LogP contribution in [0.2, 0.25) is 0 Å². The topological polar surface area (TPSA) is 228 Å². The summed E-state index contributed by atoms with van der Waals surface area (Å²) in [5, 5.41) is 49.1. The van der Waals surface area contributed by atoms with Crippen molar-refractivity contribution in [2.75, 3.05) is 26.2 Å². The monoisotopic (exact) mass is 615 g/mol. The minimum atomic E-state index is -2.08. The summed E-state index contributed by atoms with van der Waals surface area (Å²) in [4.78, 5) is 33.1. The van der Waals surface area contributed by atoms with Gasteiger partial charge in [-0.3, -0.25) is 19.6 Å². The fraction of sp³-hybridized carbons (Fsp3) is 0.867. The van der Waals surface area contributed by atoms with Gasteiger partial charge in [-0.2, -0.15) is 0 Å². The van der Waals surface area contributed by atoms with Crippen LogP contribution < -0.4 is 27.4 Å². The molecule has 0 aromatic heterocycles. The van der Waals surface area contributed by atoms with Gasteiger partial charge in [0.2, 0.25) is 0 Å². The molecule has 0 heterocycles. The summed E-state index contributed by atoms with van der Waals surface area (Å²) in [6.07, 6.45) is 0.248. The first-order valence-electron chi connectivity index (χ1n) is 15.8. The van der Waals surface area contributed by atoms with Crippen molar-refractivity contribution >= 4 is 23.5 Å². The molecule has 0 rings (SSSR count). The number of aliphatic hydroxyl groups excluding tert-OH is 4. The molecule has 252 valence electrons. The molecule has 0 aliphatic carbocycles. The van der Waals surface area contributed by atoms with Crippen LogP contribution >= 0.6 is 0 Å². The molecule has 0 bridgehead atoms. The Morgan fingerprint density at radius 2 is 1.09 bits per heavy atom. The molecule has 2 amide bonds. The van der Waals surface area contributed by atoms with Crippen molar-refractivity contribution in [2.45, 2.75) is 141 Å². The Bertz CT molecular complexity index is 862. The molecule has 0 aliphatic heterocycles. The summed E-state index contributed by atoms with van der Waals surface area (Å²) < 4.78 is 0. The van der Waals surface area contributed by atoms with Crippen molar-refractivity contribution in [1.29, 1.82) is 0 Å². The Morgan fingerprint density at radius 1 is 0.674 bits per heavy atom. The third kappa shape index (κ3) is 16.4. The lowest BCUT2D eigenvalue weighted by Gasteiger charge is -2.31. The lowest BCUT2D eigenvalue weighted by atomic mass is 9.94. The van der Waals surface area contributed by atoms with Crippen LogP contribution in [-0.2, 0) is 9.59 Å². The van der Waals surface area contributed by atoms with Gasteiger partial charge in [0.05, 0.1) is 24.8 Å². The predicted octanol–water partition coefficient (Wildman–Crippen LogP) is 0.464. The second-order valence-electron chi connectivity index (χ2n) is 11.8. The van der Waals surface area contributed by atoms with E-state index in [-0.39, 0.29) is 18.6 Å². The number of amidine groups is 2. The van der Waals surface area contributed by atoms with Gasteiger partial charge in [0, 0.05) is 37.0 Å². The maximum Gasteiger partial charge on any atom is 0.252 e. The summed E-state index contributed by atoms with van der Waals surface area (Å²) in [6, 6.07) is 0. The van der Waals surface area contributed by atoms with Crippen molar-refractivity contribution in [1.82, 2.24) is 16.0 Å². The summed E-state index contributed by atoms with van der Waals surface area (Å²) in [5.74, 6) is -0.747. The van der Waals surface area contributed by atoms with Crippen molar-refractivity contribution in [3.8, 4) is 0 Å². The Hall–Kier alpha value is -2.32. The molecule has 0 aromatic rings. The minimum Gasteiger partial charge on any atom is -0.387 e. The van der Waals surface area contributed by atoms with E-state index in [9.17, 15) is 30.0 Å². The van der Waals surface area contributed by atoms with Gasteiger partial charge in [-0.05, 0) is 52.4 Å². The fourth-order valence-corrected chi connectivity index (χ4v) is 4.15. The summed E-state index contributed by atoms with van der Waals surface area (Å²) in [6.45, 7) is 13.8. The molecule has 4 atom stereocenters. The van der Waals surface area contributed by atoms with E-state index in [1.807, 2.05) is 13.8 Å². The Morgan fingerprint density at radius 3 is 1.53 bits per heavy atom. The molecule has 11 N–H and O–H groups in total. The average molecular weight is 616 g/mol. The van der Waals surface area contributed by atoms with Gasteiger partial charge in [0.15, 0.2) is 12.2 Å². The lowest BCUT2D eigenvalue weighted by molar-refractivity contribution is -0.156. The highest BCUT2D eigenvalue weighted by Gasteiger charge is 2.38. The highest BCUT2D eigenvalue weighted by molar-refractivity contribution is 5.84. The number of nitrogens with two attached hydrogens (primary N) is 2. The molecule has 0 fully saturated rings. The number of rotatable bonds is 24. The number of unbranched alkanes of at least 4 members (excludes halogenated alkanes) is 3. The standard InChI is InChI=1S/C30H61N7O6/c1-7-29(5,8-2)36-20-19-34-22(32)16-14-12-11-13-15-21(31)33-17-18-35-27(42)25(40)23(38)24(39)26(41)28(43)37-30(6,9-3)10-4/h23-26,36,38-41H,7-20H2,1-6H3,(H2,31,33)(H2,32,34)(H,35,42)(H,37,43)/t23-,24+,25+,26-/m0/s1. The van der Waals surface area contributed by atoms with Gasteiger partial charge in [-0.25, -0.2) is 0 Å². The van der Waals surface area contributed by atoms with Crippen LogP contribution in [0.4, 0.5) is 0 Å². The van der Waals surface area contributed by atoms with Crippen LogP contribution in [0.1, 0.15) is 106 Å². The first kappa shape index (κ1) is 40.7. The number of nitrogens with one attached hydrogen (secondary N) is 3. The molecule has 0 aromatic carbocycles. The summed E-state index contributed by atoms with van der Waals surface area (Å²) in [7, 11) is 0. The number of hydrogen-bond donors (Lipinski definition) is 9. The third-order valence-electron chi connectivity index (χ3n) is 8.40. The van der Waals surface area contributed by atoms with Gasteiger partial charge in [0.1, 0.15) is 12.2 Å². The average Bonchev–Trinajstić information content (AvgIpc) is 3.00. The van der Waals surface area contributed by atoms with E-state index >= 15 is 0 Å². The Balaban J connectivity index is 4.25. The second kappa shape index (κ2) is 21.4. The zero-order valence-electron chi connectivity index (χ0n) is 27.4. The highest BCUT2D eigenvalue weighted by atomic mass is 16.4. The molecule has 0 aliphatic rings. The Labute approximate surface area is 258 Å². The molecule has 0 unspecified atom stereocenters. The molecule has 43 heavy (non-hydrogen) atoms. The first-order valence-corrected chi connectivity index (χ1v) is 15.8. The minimum absolute atomic E-state index is 0.0397. The summed E-state index contributed by atoms with van der Waals surface area (Å²) in [5.41, 5.74) is 11.5. The first-order chi connectivity index (χ1) is 20.2. The van der Waals surface area contributed by atoms with Crippen LogP contribution in [0.15, 0.2) is 9.98 Å². The number of carbonyl (C=O) groups is 2. The van der Waals surface area contributed by atoms with E-state index in [0.29, 0.717) is 37.5 Å². The number of aliphatic imine (C=N–C) groups is 2. The van der Waals surface area contributed by atoms with Crippen LogP contribution in [0.25, 0.3) is 0 Å². The number of carbonyl (C=O) groups excluding carboxylic acids is 2. The fourth-order valence-electron chi connectivity index (χ4n) is 4.15. The van der Waals surface area contributed by atoms with Gasteiger partial charge in [0.25, 0.3) is 11.8 Å². The molecule has 13 nitrogen and oxygen atoms in total. The Kier molecular flexibility index (Phi) is 20.2. The molecule has 0 saturated carbocycles. The van der Waals surface area contributed by atoms with E-state index in [0.717, 1.165) is 51.5 Å². The second-order valence-corrected chi connectivity index (χ2v) is 11.8. The third-order valence-corrected chi connectivity index (χ3v) is 8.40. The maximum absolute atomic E-state index is 12.3. The number of amides is 2. The van der Waals surface area contributed by atoms with Gasteiger partial charge < -0.3 is 47.8 Å². The molecule has 13 heteroatoms. The van der Waals surface area contributed by atoms with E-state index in [2.05, 4.69) is 46.7 Å². The number of nitrogens with zero attached hydrogens (tertiary/aromatic N) is 2. The molecular formula is C30H61N7O6. The molecule has 0 radical (unpaired) electrons. The number of hydrogen-bond acceptors (Lipinski definition) is 9. The van der Waals surface area contributed by atoms with Crippen LogP contribution in [0.3, 0.4) is 0 Å². The van der Waals surface area contributed by atoms with Crippen molar-refractivity contribution in [2.24, 2.45) is 21.5 Å². The largest absolute Gasteiger partial charge is 0.387 e. The van der Waals surface area contributed by atoms with E-state index in [1.165, 1.54) is 0 Å². The zero-order valence-corrected chi connectivity index (χ0v) is 27.4. The van der Waals surface area contributed by atoms with Crippen molar-refractivity contribution in [3.05, 3.63) is 0 Å². The summed E-state index contributed by atoms with van der Waals surface area (Å²) >= 11 is 0. The van der Waals surface area contributed by atoms with Crippen LogP contribution in [-0.4, -0.2) is 106 Å². The van der Waals surface area contributed by atoms with E-state index in [4.69, 9.17) is 11.5 Å². The molecule has 0 saturated heterocycles. The van der Waals surface area contributed by atoms with Gasteiger partial charge >= 0.3 is 0 Å². The molecule has 0 spiro atoms. The quantitative estimate of drug-likeness (QED) is 0.0417. The maximum atomic E-state index is 12.3. The lowest BCUT2D eigenvalue weighted by Crippen LogP contribution is -2.57. The normalized spacial score (nSPS) is 16.0. The van der Waals surface area contributed by atoms with Gasteiger partial charge in [-0.1, -0.05) is 40.5 Å². The van der Waals surface area contributed by atoms with E-state index < -0.39 is 41.8 Å². The van der Waals surface area contributed by atoms with E-state index in [1.54, 1.807) is 6.92 Å². The van der Waals surface area contributed by atoms with Gasteiger partial charge in [-0.15, -0.1) is 0 Å². The van der Waals surface area contributed by atoms with Crippen LogP contribution in [0, 0.1) is 0 Å². The van der Waals surface area contributed by atoms with Crippen molar-refractivity contribution < 1.29 is 30.0 Å². The smallest absolute Gasteiger partial charge is 0.252 e. The SMILES string of the molecule is CCC(C)(CC)NCCN=C(N)CCCCCCC(N)=NCCNC(=O)[C@H](O)[C@@H](O)[C@@H](O)[C@H](O)C(=O)NC(C)(CC)CC. The van der Waals surface area contributed by atoms with Crippen LogP contribution in [0.5, 0.6) is 0 Å².